The molecule has 0 spiro atoms. The number of alkyl halides is 9. The molecule has 0 amide bonds. The van der Waals surface area contributed by atoms with Crippen molar-refractivity contribution in [1.82, 2.24) is 0 Å². The van der Waals surface area contributed by atoms with E-state index in [1.165, 1.54) is 27.7 Å². The highest BCUT2D eigenvalue weighted by atomic mass is 32.2. The van der Waals surface area contributed by atoms with Gasteiger partial charge in [0.1, 0.15) is 5.76 Å². The molecule has 1 heterocycles. The van der Waals surface area contributed by atoms with Crippen LogP contribution in [0.3, 0.4) is 0 Å². The molecule has 27 heavy (non-hydrogen) atoms. The van der Waals surface area contributed by atoms with Gasteiger partial charge in [-0.2, -0.15) is 47.9 Å². The molecule has 0 saturated heterocycles. The first kappa shape index (κ1) is 23.9. The monoisotopic (exact) mass is 438 g/mol. The number of halogens is 9. The Labute approximate surface area is 148 Å². The number of hydrogen-bond acceptors (Lipinski definition) is 4. The van der Waals surface area contributed by atoms with Crippen molar-refractivity contribution in [1.29, 1.82) is 0 Å². The lowest BCUT2D eigenvalue weighted by atomic mass is 9.94. The summed E-state index contributed by atoms with van der Waals surface area (Å²) < 4.78 is 148. The minimum absolute atomic E-state index is 0.563. The second-order valence-electron chi connectivity index (χ2n) is 6.95. The van der Waals surface area contributed by atoms with Crippen molar-refractivity contribution in [3.8, 4) is 0 Å². The highest BCUT2D eigenvalue weighted by Gasteiger charge is 2.86. The maximum absolute atomic E-state index is 13.6. The van der Waals surface area contributed by atoms with Gasteiger partial charge < -0.3 is 8.92 Å². The van der Waals surface area contributed by atoms with Crippen molar-refractivity contribution in [2.24, 2.45) is 0 Å². The van der Waals surface area contributed by atoms with Crippen LogP contribution in [0.5, 0.6) is 0 Å². The average Bonchev–Trinajstić information content (AvgIpc) is 2.31. The Balaban J connectivity index is 3.36. The first-order valence-corrected chi connectivity index (χ1v) is 8.46. The lowest BCUT2D eigenvalue weighted by Crippen LogP contribution is -2.63. The Morgan fingerprint density at radius 3 is 1.74 bits per heavy atom. The molecule has 14 heteroatoms. The fraction of sp³-hybridized carbons (Fsp3) is 0.846. The largest absolute Gasteiger partial charge is 0.460 e. The van der Waals surface area contributed by atoms with Gasteiger partial charge in [0.2, 0.25) is 0 Å². The van der Waals surface area contributed by atoms with E-state index in [-0.39, 0.29) is 0 Å². The van der Waals surface area contributed by atoms with Gasteiger partial charge in [-0.1, -0.05) is 0 Å². The Kier molecular flexibility index (Phi) is 5.44. The molecular formula is C13H15F9O4S. The van der Waals surface area contributed by atoms with E-state index in [0.29, 0.717) is 0 Å². The molecule has 0 aliphatic carbocycles. The third-order valence-electron chi connectivity index (χ3n) is 3.29. The molecule has 0 N–H and O–H groups in total. The highest BCUT2D eigenvalue weighted by Crippen LogP contribution is 2.55. The van der Waals surface area contributed by atoms with Crippen LogP contribution in [0.1, 0.15) is 34.1 Å². The number of hydrogen-bond donors (Lipinski definition) is 0. The lowest BCUT2D eigenvalue weighted by molar-refractivity contribution is -0.382. The first-order valence-electron chi connectivity index (χ1n) is 7.05. The van der Waals surface area contributed by atoms with E-state index < -0.39 is 56.8 Å². The SMILES string of the molecule is CC1(C)C=C(OS(=O)(=O)C(F)(F)C(F)(F)C(F)(F)C(F)(F)F)CC(C)(C)O1. The fourth-order valence-corrected chi connectivity index (χ4v) is 3.34. The van der Waals surface area contributed by atoms with Crippen LogP contribution in [0.2, 0.25) is 0 Å². The summed E-state index contributed by atoms with van der Waals surface area (Å²) in [5, 5.41) is -6.90. The zero-order chi connectivity index (χ0) is 21.9. The minimum atomic E-state index is -7.34. The van der Waals surface area contributed by atoms with Gasteiger partial charge in [0.15, 0.2) is 0 Å². The van der Waals surface area contributed by atoms with Crippen molar-refractivity contribution in [2.45, 2.75) is 68.6 Å². The van der Waals surface area contributed by atoms with E-state index in [1.54, 1.807) is 0 Å². The molecule has 0 radical (unpaired) electrons. The van der Waals surface area contributed by atoms with Gasteiger partial charge in [-0.05, 0) is 33.8 Å². The van der Waals surface area contributed by atoms with Gasteiger partial charge in [0, 0.05) is 6.42 Å². The van der Waals surface area contributed by atoms with Crippen molar-refractivity contribution >= 4 is 10.1 Å². The topological polar surface area (TPSA) is 52.6 Å². The van der Waals surface area contributed by atoms with Crippen LogP contribution in [0.15, 0.2) is 11.8 Å². The van der Waals surface area contributed by atoms with E-state index in [1.807, 2.05) is 0 Å². The standard InChI is InChI=1S/C13H15F9O4S/c1-8(2)5-7(6-9(3,4)26-8)25-27(23,24)13(21,22)11(16,17)10(14,15)12(18,19)20/h5H,6H2,1-4H3. The molecule has 0 bridgehead atoms. The van der Waals surface area contributed by atoms with Gasteiger partial charge in [0.05, 0.1) is 11.2 Å². The predicted molar refractivity (Wildman–Crippen MR) is 72.8 cm³/mol. The van der Waals surface area contributed by atoms with Crippen molar-refractivity contribution < 1.29 is 56.9 Å². The lowest BCUT2D eigenvalue weighted by Gasteiger charge is -2.39. The van der Waals surface area contributed by atoms with Crippen LogP contribution < -0.4 is 0 Å². The van der Waals surface area contributed by atoms with E-state index >= 15 is 0 Å². The third-order valence-corrected chi connectivity index (χ3v) is 4.61. The normalized spacial score (nSPS) is 21.6. The highest BCUT2D eigenvalue weighted by molar-refractivity contribution is 7.88. The summed E-state index contributed by atoms with van der Waals surface area (Å²) in [4.78, 5) is 0. The summed E-state index contributed by atoms with van der Waals surface area (Å²) >= 11 is 0. The molecule has 0 fully saturated rings. The first-order chi connectivity index (χ1) is 11.5. The average molecular weight is 438 g/mol. The maximum Gasteiger partial charge on any atom is 0.460 e. The van der Waals surface area contributed by atoms with Crippen molar-refractivity contribution in [2.75, 3.05) is 0 Å². The molecule has 0 unspecified atom stereocenters. The molecular weight excluding hydrogens is 423 g/mol. The molecule has 0 aromatic heterocycles. The van der Waals surface area contributed by atoms with Gasteiger partial charge in [-0.15, -0.1) is 0 Å². The predicted octanol–water partition coefficient (Wildman–Crippen LogP) is 4.62. The molecule has 0 atom stereocenters. The summed E-state index contributed by atoms with van der Waals surface area (Å²) in [5.41, 5.74) is -2.57. The summed E-state index contributed by atoms with van der Waals surface area (Å²) in [6.45, 7) is 5.33. The van der Waals surface area contributed by atoms with Gasteiger partial charge in [-0.3, -0.25) is 0 Å². The Hall–Kier alpha value is -1.18. The molecule has 0 saturated carbocycles. The molecule has 1 aliphatic heterocycles. The minimum Gasteiger partial charge on any atom is -0.383 e. The van der Waals surface area contributed by atoms with Gasteiger partial charge in [-0.25, -0.2) is 0 Å². The molecule has 0 aromatic carbocycles. The van der Waals surface area contributed by atoms with Crippen LogP contribution >= 0.6 is 0 Å². The van der Waals surface area contributed by atoms with Crippen LogP contribution in [0.25, 0.3) is 0 Å². The Morgan fingerprint density at radius 1 is 0.926 bits per heavy atom. The van der Waals surface area contributed by atoms with Crippen LogP contribution in [-0.4, -0.2) is 42.9 Å². The van der Waals surface area contributed by atoms with E-state index in [0.717, 1.165) is 6.08 Å². The summed E-state index contributed by atoms with van der Waals surface area (Å²) in [6, 6.07) is 0. The molecule has 0 aromatic rings. The van der Waals surface area contributed by atoms with Crippen LogP contribution in [-0.2, 0) is 19.0 Å². The third kappa shape index (κ3) is 4.15. The number of ether oxygens (including phenoxy) is 1. The summed E-state index contributed by atoms with van der Waals surface area (Å²) in [5.74, 6) is -15.6. The van der Waals surface area contributed by atoms with Gasteiger partial charge in [0.25, 0.3) is 0 Å². The van der Waals surface area contributed by atoms with E-state index in [4.69, 9.17) is 4.74 Å². The quantitative estimate of drug-likeness (QED) is 0.465. The summed E-state index contributed by atoms with van der Waals surface area (Å²) in [7, 11) is -6.95. The maximum atomic E-state index is 13.6. The van der Waals surface area contributed by atoms with Crippen LogP contribution in [0.4, 0.5) is 39.5 Å². The summed E-state index contributed by atoms with van der Waals surface area (Å²) in [6.07, 6.45) is -6.91. The van der Waals surface area contributed by atoms with Crippen molar-refractivity contribution in [3.63, 3.8) is 0 Å². The second kappa shape index (κ2) is 6.16. The Morgan fingerprint density at radius 2 is 1.37 bits per heavy atom. The van der Waals surface area contributed by atoms with Crippen molar-refractivity contribution in [3.05, 3.63) is 11.8 Å². The van der Waals surface area contributed by atoms with E-state index in [9.17, 15) is 47.9 Å². The molecule has 160 valence electrons. The molecule has 1 aliphatic rings. The zero-order valence-corrected chi connectivity index (χ0v) is 15.0. The molecule has 1 rings (SSSR count). The molecule has 4 nitrogen and oxygen atoms in total. The fourth-order valence-electron chi connectivity index (χ4n) is 2.40. The Bertz CT molecular complexity index is 721. The second-order valence-corrected chi connectivity index (χ2v) is 8.54. The smallest absolute Gasteiger partial charge is 0.383 e. The zero-order valence-electron chi connectivity index (χ0n) is 14.2. The van der Waals surface area contributed by atoms with Gasteiger partial charge >= 0.3 is 33.4 Å². The number of rotatable bonds is 5. The van der Waals surface area contributed by atoms with E-state index in [2.05, 4.69) is 4.18 Å². The van der Waals surface area contributed by atoms with Crippen LogP contribution in [0, 0.1) is 0 Å².